The van der Waals surface area contributed by atoms with E-state index in [1.165, 1.54) is 0 Å². The predicted molar refractivity (Wildman–Crippen MR) is 105 cm³/mol. The van der Waals surface area contributed by atoms with E-state index in [4.69, 9.17) is 6.11 Å². The molecule has 5 heteroatoms. The maximum atomic E-state index is 14.9. The lowest BCUT2D eigenvalue weighted by molar-refractivity contribution is 0.211. The highest BCUT2D eigenvalue weighted by atomic mass is 79.9. The van der Waals surface area contributed by atoms with Gasteiger partial charge in [-0.2, -0.15) is 0 Å². The molecule has 1 spiro atoms. The Bertz CT molecular complexity index is 931. The molecule has 3 atom stereocenters. The predicted octanol–water partition coefficient (Wildman–Crippen LogP) is 5.37. The van der Waals surface area contributed by atoms with Gasteiger partial charge in [0.1, 0.15) is 5.75 Å². The number of rotatable bonds is 4. The summed E-state index contributed by atoms with van der Waals surface area (Å²) in [5, 5.41) is 0. The highest BCUT2D eigenvalue weighted by molar-refractivity contribution is 9.10. The van der Waals surface area contributed by atoms with Crippen molar-refractivity contribution in [3.8, 4) is 5.75 Å². The SMILES string of the molecule is [2H]C1c2ccc(C3(F)CC3(F)Br)cc2C2(CC2)CN1Cc1ccc(OC)cc1. The third-order valence-electron chi connectivity index (χ3n) is 6.23. The van der Waals surface area contributed by atoms with Gasteiger partial charge in [0.05, 0.1) is 7.11 Å². The number of ether oxygens (including phenoxy) is 1. The first-order chi connectivity index (χ1) is 13.3. The molecule has 3 aliphatic rings. The number of benzene rings is 2. The van der Waals surface area contributed by atoms with Gasteiger partial charge in [0.25, 0.3) is 0 Å². The zero-order valence-electron chi connectivity index (χ0n) is 16.1. The van der Waals surface area contributed by atoms with Crippen LogP contribution in [0.2, 0.25) is 0 Å². The summed E-state index contributed by atoms with van der Waals surface area (Å²) in [6.45, 7) is 0.951. The van der Waals surface area contributed by atoms with Gasteiger partial charge in [-0.3, -0.25) is 4.90 Å². The number of nitrogens with zero attached hydrogens (tertiary/aromatic N) is 1. The number of halogens is 3. The molecule has 2 aliphatic carbocycles. The van der Waals surface area contributed by atoms with Gasteiger partial charge in [0.2, 0.25) is 4.58 Å². The molecule has 1 aliphatic heterocycles. The minimum atomic E-state index is -1.96. The quantitative estimate of drug-likeness (QED) is 0.599. The summed E-state index contributed by atoms with van der Waals surface area (Å²) in [5.74, 6) is 0.817. The molecule has 142 valence electrons. The first kappa shape index (κ1) is 16.5. The van der Waals surface area contributed by atoms with E-state index in [-0.39, 0.29) is 11.8 Å². The Kier molecular flexibility index (Phi) is 3.52. The van der Waals surface area contributed by atoms with Crippen LogP contribution < -0.4 is 4.74 Å². The van der Waals surface area contributed by atoms with E-state index in [0.29, 0.717) is 12.1 Å². The van der Waals surface area contributed by atoms with E-state index in [9.17, 15) is 8.78 Å². The number of hydrogen-bond donors (Lipinski definition) is 0. The second-order valence-corrected chi connectivity index (χ2v) is 9.40. The summed E-state index contributed by atoms with van der Waals surface area (Å²) < 4.78 is 41.0. The topological polar surface area (TPSA) is 12.5 Å². The van der Waals surface area contributed by atoms with Crippen molar-refractivity contribution in [3.63, 3.8) is 0 Å². The molecule has 2 nitrogen and oxygen atoms in total. The smallest absolute Gasteiger partial charge is 0.206 e. The largest absolute Gasteiger partial charge is 0.497 e. The molecule has 27 heavy (non-hydrogen) atoms. The zero-order chi connectivity index (χ0) is 19.7. The highest BCUT2D eigenvalue weighted by Crippen LogP contribution is 2.66. The molecule has 0 N–H and O–H groups in total. The lowest BCUT2D eigenvalue weighted by Crippen LogP contribution is -2.37. The minimum absolute atomic E-state index is 0.0219. The Morgan fingerprint density at radius 2 is 1.89 bits per heavy atom. The van der Waals surface area contributed by atoms with Gasteiger partial charge in [-0.05, 0) is 63.2 Å². The molecule has 0 bridgehead atoms. The molecule has 0 saturated heterocycles. The van der Waals surface area contributed by atoms with Crippen LogP contribution in [0.15, 0.2) is 42.5 Å². The molecular formula is C22H22BrF2NO. The molecular weight excluding hydrogens is 412 g/mol. The average molecular weight is 435 g/mol. The van der Waals surface area contributed by atoms with Crippen LogP contribution in [0.3, 0.4) is 0 Å². The van der Waals surface area contributed by atoms with E-state index in [2.05, 4.69) is 20.8 Å². The van der Waals surface area contributed by atoms with Gasteiger partial charge in [0, 0.05) is 32.8 Å². The Hall–Kier alpha value is -1.46. The highest BCUT2D eigenvalue weighted by Gasteiger charge is 2.71. The van der Waals surface area contributed by atoms with Gasteiger partial charge in [-0.25, -0.2) is 8.78 Å². The number of methoxy groups -OCH3 is 1. The molecule has 2 aromatic carbocycles. The maximum Gasteiger partial charge on any atom is 0.206 e. The molecule has 2 fully saturated rings. The summed E-state index contributed by atoms with van der Waals surface area (Å²) >= 11 is 2.86. The van der Waals surface area contributed by atoms with Crippen molar-refractivity contribution in [2.75, 3.05) is 13.7 Å². The van der Waals surface area contributed by atoms with Crippen molar-refractivity contribution in [1.29, 1.82) is 0 Å². The van der Waals surface area contributed by atoms with Gasteiger partial charge in [-0.1, -0.05) is 30.3 Å². The van der Waals surface area contributed by atoms with E-state index in [0.717, 1.165) is 41.8 Å². The van der Waals surface area contributed by atoms with Crippen molar-refractivity contribution in [2.24, 2.45) is 0 Å². The van der Waals surface area contributed by atoms with Crippen LogP contribution in [0.4, 0.5) is 8.78 Å². The summed E-state index contributed by atoms with van der Waals surface area (Å²) in [5.41, 5.74) is 1.53. The Morgan fingerprint density at radius 1 is 1.19 bits per heavy atom. The van der Waals surface area contributed by atoms with Crippen LogP contribution in [-0.4, -0.2) is 23.1 Å². The molecule has 2 saturated carbocycles. The monoisotopic (exact) mass is 434 g/mol. The fourth-order valence-electron chi connectivity index (χ4n) is 4.31. The Morgan fingerprint density at radius 3 is 2.48 bits per heavy atom. The average Bonchev–Trinajstić information content (AvgIpc) is 3.56. The maximum absolute atomic E-state index is 14.9. The van der Waals surface area contributed by atoms with Crippen LogP contribution in [0.25, 0.3) is 0 Å². The third-order valence-corrected chi connectivity index (χ3v) is 7.14. The molecule has 3 unspecified atom stereocenters. The molecule has 1 heterocycles. The van der Waals surface area contributed by atoms with Crippen LogP contribution in [0.1, 0.15) is 42.9 Å². The van der Waals surface area contributed by atoms with E-state index < -0.39 is 16.8 Å². The van der Waals surface area contributed by atoms with Crippen molar-refractivity contribution in [3.05, 3.63) is 64.7 Å². The van der Waals surface area contributed by atoms with E-state index in [1.54, 1.807) is 13.2 Å². The molecule has 0 radical (unpaired) electrons. The molecule has 0 aromatic heterocycles. The number of fused-ring (bicyclic) bond motifs is 2. The van der Waals surface area contributed by atoms with Gasteiger partial charge in [0.15, 0.2) is 5.67 Å². The van der Waals surface area contributed by atoms with Crippen LogP contribution in [-0.2, 0) is 24.1 Å². The van der Waals surface area contributed by atoms with Gasteiger partial charge < -0.3 is 4.74 Å². The van der Waals surface area contributed by atoms with Gasteiger partial charge in [-0.15, -0.1) is 0 Å². The van der Waals surface area contributed by atoms with Crippen molar-refractivity contribution < 1.29 is 14.9 Å². The number of alkyl halides is 3. The van der Waals surface area contributed by atoms with E-state index >= 15 is 0 Å². The van der Waals surface area contributed by atoms with E-state index in [1.807, 2.05) is 36.4 Å². The first-order valence-corrected chi connectivity index (χ1v) is 10.1. The first-order valence-electron chi connectivity index (χ1n) is 9.87. The molecule has 0 amide bonds. The molecule has 5 rings (SSSR count). The van der Waals surface area contributed by atoms with Crippen LogP contribution in [0, 0.1) is 0 Å². The lowest BCUT2D eigenvalue weighted by atomic mass is 9.84. The van der Waals surface area contributed by atoms with Gasteiger partial charge >= 0.3 is 0 Å². The normalized spacial score (nSPS) is 34.1. The standard InChI is InChI=1S/C22H22BrF2NO/c1-27-18-6-2-15(3-7-18)11-26-12-16-4-5-17(21(24)13-22(21,23)25)10-19(16)20(14-26)8-9-20/h2-7,10H,8-9,11-14H2,1H3/i12D. The summed E-state index contributed by atoms with van der Waals surface area (Å²) in [6.07, 6.45) is 1.91. The number of hydrogen-bond acceptors (Lipinski definition) is 2. The second kappa shape index (κ2) is 5.77. The van der Waals surface area contributed by atoms with Crippen LogP contribution >= 0.6 is 15.9 Å². The fourth-order valence-corrected chi connectivity index (χ4v) is 4.93. The summed E-state index contributed by atoms with van der Waals surface area (Å²) in [7, 11) is 1.65. The zero-order valence-corrected chi connectivity index (χ0v) is 16.7. The fraction of sp³-hybridized carbons (Fsp3) is 0.455. The van der Waals surface area contributed by atoms with Crippen LogP contribution in [0.5, 0.6) is 5.75 Å². The Balaban J connectivity index is 1.44. The summed E-state index contributed by atoms with van der Waals surface area (Å²) in [4.78, 5) is 2.17. The molecule has 2 aromatic rings. The second-order valence-electron chi connectivity index (χ2n) is 8.15. The van der Waals surface area contributed by atoms with Crippen molar-refractivity contribution >= 4 is 15.9 Å². The third kappa shape index (κ3) is 2.82. The lowest BCUT2D eigenvalue weighted by Gasteiger charge is -2.35. The minimum Gasteiger partial charge on any atom is -0.497 e. The van der Waals surface area contributed by atoms with Crippen molar-refractivity contribution in [1.82, 2.24) is 4.90 Å². The summed E-state index contributed by atoms with van der Waals surface area (Å²) in [6, 6.07) is 13.3. The van der Waals surface area contributed by atoms with Crippen molar-refractivity contribution in [2.45, 2.75) is 48.0 Å². The Labute approximate surface area is 168 Å².